The molecule has 1 atom stereocenters. The van der Waals surface area contributed by atoms with Gasteiger partial charge in [-0.2, -0.15) is 0 Å². The van der Waals surface area contributed by atoms with Crippen LogP contribution in [0.25, 0.3) is 5.65 Å². The van der Waals surface area contributed by atoms with Crippen molar-refractivity contribution in [2.24, 2.45) is 10.9 Å². The largest absolute Gasteiger partial charge is 0.376 e. The van der Waals surface area contributed by atoms with Crippen molar-refractivity contribution in [2.75, 3.05) is 20.2 Å². The zero-order valence-corrected chi connectivity index (χ0v) is 20.6. The van der Waals surface area contributed by atoms with E-state index in [1.54, 1.807) is 7.05 Å². The number of imidazole rings is 1. The fourth-order valence-corrected chi connectivity index (χ4v) is 3.13. The van der Waals surface area contributed by atoms with E-state index in [0.29, 0.717) is 25.7 Å². The lowest BCUT2D eigenvalue weighted by Crippen LogP contribution is -2.39. The van der Waals surface area contributed by atoms with Crippen molar-refractivity contribution < 1.29 is 4.74 Å². The van der Waals surface area contributed by atoms with Crippen LogP contribution in [0.5, 0.6) is 0 Å². The van der Waals surface area contributed by atoms with Gasteiger partial charge in [-0.1, -0.05) is 37.3 Å². The van der Waals surface area contributed by atoms with Crippen molar-refractivity contribution in [2.45, 2.75) is 20.1 Å². The highest BCUT2D eigenvalue weighted by Crippen LogP contribution is 2.12. The lowest BCUT2D eigenvalue weighted by molar-refractivity contribution is 0.0931. The first kappa shape index (κ1) is 23.6. The van der Waals surface area contributed by atoms with Gasteiger partial charge in [-0.05, 0) is 39.5 Å². The van der Waals surface area contributed by atoms with Crippen LogP contribution in [0, 0.1) is 5.92 Å². The van der Waals surface area contributed by atoms with Gasteiger partial charge in [0.1, 0.15) is 5.65 Å². The van der Waals surface area contributed by atoms with E-state index in [1.165, 1.54) is 5.56 Å². The molecule has 8 heteroatoms. The fourth-order valence-electron chi connectivity index (χ4n) is 2.78. The third kappa shape index (κ3) is 7.60. The number of nitrogens with one attached hydrogen (secondary N) is 2. The smallest absolute Gasteiger partial charge is 0.191 e. The predicted octanol–water partition coefficient (Wildman–Crippen LogP) is 4.23. The lowest BCUT2D eigenvalue weighted by Gasteiger charge is -2.16. The summed E-state index contributed by atoms with van der Waals surface area (Å²) in [7, 11) is 1.77. The third-order valence-corrected chi connectivity index (χ3v) is 4.73. The molecule has 0 aliphatic carbocycles. The summed E-state index contributed by atoms with van der Waals surface area (Å²) in [6, 6.07) is 14.2. The third-order valence-electron chi connectivity index (χ3n) is 4.26. The first-order valence-corrected chi connectivity index (χ1v) is 10.1. The summed E-state index contributed by atoms with van der Waals surface area (Å²) in [5.74, 6) is 1.13. The molecule has 0 fully saturated rings. The molecule has 0 radical (unpaired) electrons. The highest BCUT2D eigenvalue weighted by atomic mass is 127. The van der Waals surface area contributed by atoms with E-state index in [0.717, 1.165) is 28.3 Å². The topological polar surface area (TPSA) is 63.0 Å². The van der Waals surface area contributed by atoms with Crippen molar-refractivity contribution in [3.63, 3.8) is 0 Å². The quantitative estimate of drug-likeness (QED) is 0.241. The Morgan fingerprint density at radius 3 is 2.72 bits per heavy atom. The molecule has 0 amide bonds. The average Bonchev–Trinajstić information content (AvgIpc) is 3.11. The van der Waals surface area contributed by atoms with Gasteiger partial charge in [-0.3, -0.25) is 4.99 Å². The number of guanidine groups is 1. The van der Waals surface area contributed by atoms with Gasteiger partial charge < -0.3 is 19.8 Å². The number of pyridine rings is 1. The Balaban J connectivity index is 0.00000300. The molecule has 3 aromatic rings. The number of aromatic nitrogens is 2. The van der Waals surface area contributed by atoms with E-state index in [4.69, 9.17) is 4.74 Å². The Hall–Kier alpha value is -1.65. The Labute approximate surface area is 197 Å². The number of halogens is 2. The summed E-state index contributed by atoms with van der Waals surface area (Å²) in [4.78, 5) is 8.88. The number of nitrogens with zero attached hydrogens (tertiary/aromatic N) is 3. The summed E-state index contributed by atoms with van der Waals surface area (Å²) in [5, 5.41) is 6.66. The number of fused-ring (bicyclic) bond motifs is 1. The molecule has 1 aromatic carbocycles. The van der Waals surface area contributed by atoms with Crippen molar-refractivity contribution in [1.82, 2.24) is 20.0 Å². The molecule has 0 aliphatic rings. The van der Waals surface area contributed by atoms with E-state index >= 15 is 0 Å². The van der Waals surface area contributed by atoms with Gasteiger partial charge >= 0.3 is 0 Å². The number of rotatable bonds is 8. The Kier molecular flexibility index (Phi) is 9.89. The molecule has 2 aromatic heterocycles. The zero-order valence-electron chi connectivity index (χ0n) is 16.6. The van der Waals surface area contributed by atoms with Gasteiger partial charge in [0.15, 0.2) is 5.96 Å². The second kappa shape index (κ2) is 12.1. The van der Waals surface area contributed by atoms with E-state index in [2.05, 4.69) is 55.6 Å². The highest BCUT2D eigenvalue weighted by Gasteiger charge is 2.06. The van der Waals surface area contributed by atoms with Crippen LogP contribution in [0.4, 0.5) is 0 Å². The van der Waals surface area contributed by atoms with Crippen LogP contribution in [-0.2, 0) is 17.9 Å². The van der Waals surface area contributed by atoms with E-state index in [9.17, 15) is 0 Å². The number of ether oxygens (including phenoxy) is 1. The fraction of sp³-hybridized carbons (Fsp3) is 0.333. The first-order chi connectivity index (χ1) is 13.6. The molecule has 0 bridgehead atoms. The average molecular weight is 572 g/mol. The molecular formula is C21H27BrIN5O. The molecule has 2 N–H and O–H groups in total. The second-order valence-corrected chi connectivity index (χ2v) is 7.67. The second-order valence-electron chi connectivity index (χ2n) is 6.76. The van der Waals surface area contributed by atoms with Crippen LogP contribution < -0.4 is 10.6 Å². The van der Waals surface area contributed by atoms with Gasteiger partial charge in [0, 0.05) is 30.5 Å². The van der Waals surface area contributed by atoms with E-state index in [1.807, 2.05) is 47.1 Å². The van der Waals surface area contributed by atoms with E-state index < -0.39 is 0 Å². The molecule has 3 rings (SSSR count). The SMILES string of the molecule is CN=C(NCc1cn2cc(Br)ccc2n1)NCC(C)COCc1ccccc1.I. The number of hydrogen-bond acceptors (Lipinski definition) is 3. The molecule has 2 heterocycles. The minimum Gasteiger partial charge on any atom is -0.376 e. The minimum absolute atomic E-state index is 0. The maximum atomic E-state index is 5.80. The summed E-state index contributed by atoms with van der Waals surface area (Å²) < 4.78 is 8.83. The summed E-state index contributed by atoms with van der Waals surface area (Å²) >= 11 is 3.48. The highest BCUT2D eigenvalue weighted by molar-refractivity contribution is 14.0. The molecule has 0 spiro atoms. The van der Waals surface area contributed by atoms with Gasteiger partial charge in [-0.15, -0.1) is 24.0 Å². The van der Waals surface area contributed by atoms with Gasteiger partial charge in [-0.25, -0.2) is 4.98 Å². The van der Waals surface area contributed by atoms with Gasteiger partial charge in [0.2, 0.25) is 0 Å². The maximum absolute atomic E-state index is 5.80. The monoisotopic (exact) mass is 571 g/mol. The number of hydrogen-bond donors (Lipinski definition) is 2. The molecule has 0 saturated heterocycles. The molecule has 1 unspecified atom stereocenters. The van der Waals surface area contributed by atoms with Crippen molar-refractivity contribution in [3.05, 3.63) is 70.6 Å². The number of benzene rings is 1. The van der Waals surface area contributed by atoms with Crippen LogP contribution in [-0.4, -0.2) is 35.5 Å². The molecule has 0 aliphatic heterocycles. The summed E-state index contributed by atoms with van der Waals surface area (Å²) in [5.41, 5.74) is 3.08. The predicted molar refractivity (Wildman–Crippen MR) is 132 cm³/mol. The molecule has 0 saturated carbocycles. The Bertz CT molecular complexity index is 916. The normalized spacial score (nSPS) is 12.4. The van der Waals surface area contributed by atoms with E-state index in [-0.39, 0.29) is 24.0 Å². The molecule has 6 nitrogen and oxygen atoms in total. The van der Waals surface area contributed by atoms with Crippen molar-refractivity contribution in [1.29, 1.82) is 0 Å². The van der Waals surface area contributed by atoms with Crippen molar-refractivity contribution >= 4 is 51.5 Å². The van der Waals surface area contributed by atoms with Crippen LogP contribution in [0.3, 0.4) is 0 Å². The van der Waals surface area contributed by atoms with Gasteiger partial charge in [0.05, 0.1) is 25.5 Å². The lowest BCUT2D eigenvalue weighted by atomic mass is 10.2. The minimum atomic E-state index is 0. The zero-order chi connectivity index (χ0) is 19.8. The maximum Gasteiger partial charge on any atom is 0.191 e. The Morgan fingerprint density at radius 2 is 1.97 bits per heavy atom. The molecular weight excluding hydrogens is 545 g/mol. The van der Waals surface area contributed by atoms with Crippen LogP contribution >= 0.6 is 39.9 Å². The Morgan fingerprint density at radius 1 is 1.17 bits per heavy atom. The van der Waals surface area contributed by atoms with Gasteiger partial charge in [0.25, 0.3) is 0 Å². The standard InChI is InChI=1S/C21H26BrN5O.HI/c1-16(14-28-15-17-6-4-3-5-7-17)10-24-21(23-2)25-11-19-13-27-12-18(22)8-9-20(27)26-19;/h3-9,12-13,16H,10-11,14-15H2,1-2H3,(H2,23,24,25);1H. The number of aliphatic imine (C=N–C) groups is 1. The van der Waals surface area contributed by atoms with Crippen molar-refractivity contribution in [3.8, 4) is 0 Å². The van der Waals surface area contributed by atoms with Crippen LogP contribution in [0.15, 0.2) is 64.3 Å². The summed E-state index contributed by atoms with van der Waals surface area (Å²) in [6.07, 6.45) is 4.01. The molecule has 156 valence electrons. The summed E-state index contributed by atoms with van der Waals surface area (Å²) in [6.45, 7) is 4.89. The van der Waals surface area contributed by atoms with Crippen LogP contribution in [0.2, 0.25) is 0 Å². The first-order valence-electron chi connectivity index (χ1n) is 9.33. The molecule has 29 heavy (non-hydrogen) atoms. The van der Waals surface area contributed by atoms with Crippen LogP contribution in [0.1, 0.15) is 18.2 Å².